The molecular formula is C19H19NO5. The molecule has 3 rings (SSSR count). The maximum absolute atomic E-state index is 12.7. The highest BCUT2D eigenvalue weighted by molar-refractivity contribution is 6.04. The van der Waals surface area contributed by atoms with Crippen molar-refractivity contribution < 1.29 is 23.8 Å². The van der Waals surface area contributed by atoms with E-state index < -0.39 is 17.4 Å². The molecule has 25 heavy (non-hydrogen) atoms. The summed E-state index contributed by atoms with van der Waals surface area (Å²) in [4.78, 5) is 26.6. The lowest BCUT2D eigenvalue weighted by Gasteiger charge is -2.35. The van der Waals surface area contributed by atoms with Gasteiger partial charge in [-0.3, -0.25) is 0 Å². The van der Waals surface area contributed by atoms with Crippen molar-refractivity contribution in [3.05, 3.63) is 65.2 Å². The van der Waals surface area contributed by atoms with Gasteiger partial charge >= 0.3 is 11.9 Å². The molecule has 0 saturated heterocycles. The van der Waals surface area contributed by atoms with Gasteiger partial charge in [-0.25, -0.2) is 9.59 Å². The second-order valence-corrected chi connectivity index (χ2v) is 5.97. The summed E-state index contributed by atoms with van der Waals surface area (Å²) in [5, 5.41) is 0. The van der Waals surface area contributed by atoms with Gasteiger partial charge < -0.3 is 19.1 Å². The van der Waals surface area contributed by atoms with E-state index in [2.05, 4.69) is 6.58 Å². The first kappa shape index (κ1) is 16.8. The van der Waals surface area contributed by atoms with E-state index in [0.29, 0.717) is 11.5 Å². The lowest BCUT2D eigenvalue weighted by molar-refractivity contribution is -0.141. The first-order chi connectivity index (χ1) is 11.9. The smallest absolute Gasteiger partial charge is 0.355 e. The molecule has 1 unspecified atom stereocenters. The number of hydrogen-bond acceptors (Lipinski definition) is 6. The van der Waals surface area contributed by atoms with E-state index in [9.17, 15) is 9.59 Å². The van der Waals surface area contributed by atoms with Crippen molar-refractivity contribution in [2.24, 2.45) is 0 Å². The highest BCUT2D eigenvalue weighted by Crippen LogP contribution is 2.53. The van der Waals surface area contributed by atoms with Crippen LogP contribution in [0.25, 0.3) is 0 Å². The Kier molecular flexibility index (Phi) is 3.91. The predicted molar refractivity (Wildman–Crippen MR) is 90.6 cm³/mol. The number of hydrogen-bond donors (Lipinski definition) is 0. The fourth-order valence-corrected chi connectivity index (χ4v) is 3.31. The molecule has 0 saturated carbocycles. The second-order valence-electron chi connectivity index (χ2n) is 5.97. The van der Waals surface area contributed by atoms with Crippen molar-refractivity contribution in [3.63, 3.8) is 0 Å². The summed E-state index contributed by atoms with van der Waals surface area (Å²) < 4.78 is 15.7. The van der Waals surface area contributed by atoms with E-state index in [-0.39, 0.29) is 11.3 Å². The third-order valence-corrected chi connectivity index (χ3v) is 4.54. The summed E-state index contributed by atoms with van der Waals surface area (Å²) in [6, 6.07) is 5.66. The zero-order valence-corrected chi connectivity index (χ0v) is 14.6. The van der Waals surface area contributed by atoms with Gasteiger partial charge in [0, 0.05) is 18.8 Å². The number of allylic oxidation sites excluding steroid dienone is 1. The molecule has 1 aromatic rings. The Morgan fingerprint density at radius 1 is 1.20 bits per heavy atom. The van der Waals surface area contributed by atoms with Gasteiger partial charge in [0.25, 0.3) is 0 Å². The average molecular weight is 341 g/mol. The molecular weight excluding hydrogens is 322 g/mol. The van der Waals surface area contributed by atoms with Crippen LogP contribution < -0.4 is 4.74 Å². The molecule has 130 valence electrons. The number of esters is 2. The van der Waals surface area contributed by atoms with E-state index in [4.69, 9.17) is 14.2 Å². The van der Waals surface area contributed by atoms with Gasteiger partial charge in [0.05, 0.1) is 19.8 Å². The number of rotatable bonds is 2. The molecule has 0 aliphatic carbocycles. The Morgan fingerprint density at radius 2 is 1.88 bits per heavy atom. The Balaban J connectivity index is 2.36. The largest absolute Gasteiger partial charge is 0.466 e. The lowest BCUT2D eigenvalue weighted by Crippen LogP contribution is -2.40. The van der Waals surface area contributed by atoms with Gasteiger partial charge in [-0.15, -0.1) is 0 Å². The first-order valence-electron chi connectivity index (χ1n) is 7.68. The van der Waals surface area contributed by atoms with Crippen LogP contribution in [0.5, 0.6) is 5.75 Å². The third kappa shape index (κ3) is 2.25. The van der Waals surface area contributed by atoms with Crippen LogP contribution in [0.15, 0.2) is 54.1 Å². The molecule has 0 N–H and O–H groups in total. The number of likely N-dealkylation sites (N-methyl/N-ethyl adjacent to an activating group) is 1. The van der Waals surface area contributed by atoms with E-state index >= 15 is 0 Å². The van der Waals surface area contributed by atoms with Crippen LogP contribution in [0.2, 0.25) is 0 Å². The summed E-state index contributed by atoms with van der Waals surface area (Å²) in [6.07, 6.45) is 3.48. The van der Waals surface area contributed by atoms with E-state index in [1.807, 2.05) is 25.1 Å². The number of fused-ring (bicyclic) bond motifs is 2. The Labute approximate surface area is 146 Å². The minimum Gasteiger partial charge on any atom is -0.466 e. The molecule has 1 spiro atoms. The van der Waals surface area contributed by atoms with Crippen LogP contribution >= 0.6 is 0 Å². The van der Waals surface area contributed by atoms with Crippen molar-refractivity contribution >= 4 is 11.9 Å². The van der Waals surface area contributed by atoms with E-state index in [0.717, 1.165) is 11.1 Å². The first-order valence-corrected chi connectivity index (χ1v) is 7.68. The number of carbonyl (C=O) groups excluding carboxylic acids is 2. The molecule has 6 nitrogen and oxygen atoms in total. The van der Waals surface area contributed by atoms with Crippen molar-refractivity contribution in [3.8, 4) is 5.75 Å². The fourth-order valence-electron chi connectivity index (χ4n) is 3.31. The monoisotopic (exact) mass is 341 g/mol. The highest BCUT2D eigenvalue weighted by Gasteiger charge is 2.53. The molecule has 0 bridgehead atoms. The molecule has 0 fully saturated rings. The van der Waals surface area contributed by atoms with Crippen LogP contribution in [-0.4, -0.2) is 38.1 Å². The summed E-state index contributed by atoms with van der Waals surface area (Å²) >= 11 is 0. The Bertz CT molecular complexity index is 851. The summed E-state index contributed by atoms with van der Waals surface area (Å²) in [5.74, 6) is -0.348. The number of methoxy groups -OCH3 is 2. The fraction of sp³-hybridized carbons (Fsp3) is 0.263. The van der Waals surface area contributed by atoms with Gasteiger partial charge in [0.1, 0.15) is 22.6 Å². The van der Waals surface area contributed by atoms with Crippen molar-refractivity contribution in [2.45, 2.75) is 12.3 Å². The Hall–Kier alpha value is -3.02. The topological polar surface area (TPSA) is 65.1 Å². The average Bonchev–Trinajstić information content (AvgIpc) is 2.86. The van der Waals surface area contributed by atoms with Crippen molar-refractivity contribution in [1.82, 2.24) is 4.90 Å². The van der Waals surface area contributed by atoms with Crippen LogP contribution in [0, 0.1) is 6.92 Å². The van der Waals surface area contributed by atoms with Gasteiger partial charge in [0.2, 0.25) is 0 Å². The van der Waals surface area contributed by atoms with E-state index in [1.165, 1.54) is 19.1 Å². The van der Waals surface area contributed by atoms with Gasteiger partial charge in [0.15, 0.2) is 0 Å². The molecule has 0 radical (unpaired) electrons. The van der Waals surface area contributed by atoms with E-state index in [1.54, 1.807) is 19.3 Å². The SMILES string of the molecule is C=C1Oc2cc(C)ccc2C12C=CN(C)C(C(=O)OC)=C2C(=O)OC. The predicted octanol–water partition coefficient (Wildman–Crippen LogP) is 2.20. The number of benzene rings is 1. The van der Waals surface area contributed by atoms with Crippen molar-refractivity contribution in [2.75, 3.05) is 21.3 Å². The van der Waals surface area contributed by atoms with Crippen LogP contribution in [0.1, 0.15) is 11.1 Å². The minimum absolute atomic E-state index is 0.0926. The molecule has 1 atom stereocenters. The van der Waals surface area contributed by atoms with Gasteiger partial charge in [-0.05, 0) is 24.6 Å². The minimum atomic E-state index is -1.10. The number of ether oxygens (including phenoxy) is 3. The molecule has 2 heterocycles. The quantitative estimate of drug-likeness (QED) is 0.769. The molecule has 2 aliphatic heterocycles. The molecule has 1 aromatic carbocycles. The standard InChI is InChI=1S/C19H19NO5/c1-11-6-7-13-14(10-11)25-12(2)19(13)8-9-20(3)16(18(22)24-5)15(19)17(21)23-4/h6-10H,2H2,1,3-5H3. The van der Waals surface area contributed by atoms with Crippen molar-refractivity contribution in [1.29, 1.82) is 0 Å². The second kappa shape index (κ2) is 5.81. The third-order valence-electron chi connectivity index (χ3n) is 4.54. The zero-order chi connectivity index (χ0) is 18.4. The maximum Gasteiger partial charge on any atom is 0.355 e. The maximum atomic E-state index is 12.7. The zero-order valence-electron chi connectivity index (χ0n) is 14.6. The van der Waals surface area contributed by atoms with Crippen LogP contribution in [-0.2, 0) is 24.5 Å². The van der Waals surface area contributed by atoms with Gasteiger partial charge in [-0.1, -0.05) is 18.7 Å². The summed E-state index contributed by atoms with van der Waals surface area (Å²) in [6.45, 7) is 5.94. The lowest BCUT2D eigenvalue weighted by atomic mass is 9.71. The molecule has 0 aromatic heterocycles. The number of nitrogens with zero attached hydrogens (tertiary/aromatic N) is 1. The molecule has 2 aliphatic rings. The highest BCUT2D eigenvalue weighted by atomic mass is 16.5. The normalized spacial score (nSPS) is 21.3. The number of aryl methyl sites for hydroxylation is 1. The molecule has 0 amide bonds. The molecule has 6 heteroatoms. The van der Waals surface area contributed by atoms with Crippen LogP contribution in [0.4, 0.5) is 0 Å². The summed E-state index contributed by atoms with van der Waals surface area (Å²) in [7, 11) is 4.19. The van der Waals surface area contributed by atoms with Gasteiger partial charge in [-0.2, -0.15) is 0 Å². The van der Waals surface area contributed by atoms with Crippen LogP contribution in [0.3, 0.4) is 0 Å². The summed E-state index contributed by atoms with van der Waals surface area (Å²) in [5.41, 5.74) is 0.854. The number of carbonyl (C=O) groups is 2. The Morgan fingerprint density at radius 3 is 2.52 bits per heavy atom.